The van der Waals surface area contributed by atoms with E-state index in [1.807, 2.05) is 6.92 Å². The second kappa shape index (κ2) is 2.93. The fourth-order valence-electron chi connectivity index (χ4n) is 1.27. The Labute approximate surface area is 85.6 Å². The SMILES string of the molecule is Cc1nc(Cl)c2sc(C)c(C)c2n1. The van der Waals surface area contributed by atoms with Crippen molar-refractivity contribution in [2.24, 2.45) is 0 Å². The van der Waals surface area contributed by atoms with E-state index in [4.69, 9.17) is 11.6 Å². The first-order chi connectivity index (χ1) is 6.09. The highest BCUT2D eigenvalue weighted by Gasteiger charge is 2.10. The van der Waals surface area contributed by atoms with Crippen LogP contribution in [0, 0.1) is 20.8 Å². The van der Waals surface area contributed by atoms with Crippen molar-refractivity contribution in [3.8, 4) is 0 Å². The van der Waals surface area contributed by atoms with E-state index in [0.29, 0.717) is 5.15 Å². The standard InChI is InChI=1S/C9H9ClN2S/c1-4-5(2)13-8-7(4)11-6(3)12-9(8)10/h1-3H3. The van der Waals surface area contributed by atoms with Gasteiger partial charge in [0.2, 0.25) is 0 Å². The van der Waals surface area contributed by atoms with Gasteiger partial charge < -0.3 is 0 Å². The van der Waals surface area contributed by atoms with Crippen molar-refractivity contribution in [2.45, 2.75) is 20.8 Å². The van der Waals surface area contributed by atoms with Crippen LogP contribution in [0.15, 0.2) is 0 Å². The summed E-state index contributed by atoms with van der Waals surface area (Å²) < 4.78 is 1.00. The van der Waals surface area contributed by atoms with E-state index in [9.17, 15) is 0 Å². The normalized spacial score (nSPS) is 11.1. The van der Waals surface area contributed by atoms with Crippen LogP contribution in [0.3, 0.4) is 0 Å². The minimum atomic E-state index is 0.573. The first kappa shape index (κ1) is 8.91. The molecule has 4 heteroatoms. The number of aryl methyl sites for hydroxylation is 3. The number of hydrogen-bond acceptors (Lipinski definition) is 3. The van der Waals surface area contributed by atoms with Gasteiger partial charge in [0.1, 0.15) is 5.82 Å². The Balaban J connectivity index is 2.94. The molecule has 0 amide bonds. The maximum Gasteiger partial charge on any atom is 0.150 e. The molecule has 0 bridgehead atoms. The van der Waals surface area contributed by atoms with E-state index in [1.165, 1.54) is 10.4 Å². The van der Waals surface area contributed by atoms with E-state index in [0.717, 1.165) is 16.0 Å². The lowest BCUT2D eigenvalue weighted by Gasteiger charge is -1.95. The first-order valence-electron chi connectivity index (χ1n) is 3.99. The molecular weight excluding hydrogens is 204 g/mol. The third-order valence-electron chi connectivity index (χ3n) is 2.07. The lowest BCUT2D eigenvalue weighted by molar-refractivity contribution is 1.09. The van der Waals surface area contributed by atoms with E-state index < -0.39 is 0 Å². The molecule has 68 valence electrons. The van der Waals surface area contributed by atoms with Crippen LogP contribution in [0.2, 0.25) is 5.15 Å². The second-order valence-corrected chi connectivity index (χ2v) is 4.61. The Kier molecular flexibility index (Phi) is 2.00. The molecule has 2 nitrogen and oxygen atoms in total. The monoisotopic (exact) mass is 212 g/mol. The van der Waals surface area contributed by atoms with E-state index in [1.54, 1.807) is 11.3 Å². The minimum absolute atomic E-state index is 0.573. The summed E-state index contributed by atoms with van der Waals surface area (Å²) in [6.45, 7) is 6.00. The molecule has 2 rings (SSSR count). The van der Waals surface area contributed by atoms with Crippen molar-refractivity contribution >= 4 is 33.2 Å². The fourth-order valence-corrected chi connectivity index (χ4v) is 2.58. The highest BCUT2D eigenvalue weighted by Crippen LogP contribution is 2.32. The molecule has 0 atom stereocenters. The van der Waals surface area contributed by atoms with Crippen molar-refractivity contribution in [1.82, 2.24) is 9.97 Å². The molecule has 0 N–H and O–H groups in total. The number of hydrogen-bond donors (Lipinski definition) is 0. The van der Waals surface area contributed by atoms with Gasteiger partial charge in [-0.1, -0.05) is 11.6 Å². The largest absolute Gasteiger partial charge is 0.232 e. The molecule has 0 unspecified atom stereocenters. The maximum atomic E-state index is 6.01. The Bertz CT molecular complexity index is 476. The van der Waals surface area contributed by atoms with Gasteiger partial charge in [0, 0.05) is 4.88 Å². The van der Waals surface area contributed by atoms with E-state index >= 15 is 0 Å². The average molecular weight is 213 g/mol. The van der Waals surface area contributed by atoms with Gasteiger partial charge in [-0.05, 0) is 26.3 Å². The molecule has 0 saturated carbocycles. The lowest BCUT2D eigenvalue weighted by atomic mass is 10.2. The van der Waals surface area contributed by atoms with Crippen molar-refractivity contribution in [1.29, 1.82) is 0 Å². The van der Waals surface area contributed by atoms with Crippen LogP contribution < -0.4 is 0 Å². The topological polar surface area (TPSA) is 25.8 Å². The highest BCUT2D eigenvalue weighted by molar-refractivity contribution is 7.19. The molecule has 0 radical (unpaired) electrons. The number of rotatable bonds is 0. The molecule has 0 aliphatic carbocycles. The molecule has 0 fully saturated rings. The van der Waals surface area contributed by atoms with Gasteiger partial charge in [0.15, 0.2) is 5.15 Å². The highest BCUT2D eigenvalue weighted by atomic mass is 35.5. The number of thiophene rings is 1. The summed E-state index contributed by atoms with van der Waals surface area (Å²) in [6.07, 6.45) is 0. The van der Waals surface area contributed by atoms with Gasteiger partial charge >= 0.3 is 0 Å². The maximum absolute atomic E-state index is 6.01. The molecule has 0 spiro atoms. The minimum Gasteiger partial charge on any atom is -0.232 e. The van der Waals surface area contributed by atoms with E-state index in [2.05, 4.69) is 23.8 Å². The average Bonchev–Trinajstić information content (AvgIpc) is 2.32. The third-order valence-corrected chi connectivity index (χ3v) is 3.66. The molecular formula is C9H9ClN2S. The van der Waals surface area contributed by atoms with Crippen molar-refractivity contribution in [3.63, 3.8) is 0 Å². The summed E-state index contributed by atoms with van der Waals surface area (Å²) in [5.41, 5.74) is 2.22. The molecule has 0 aliphatic heterocycles. The van der Waals surface area contributed by atoms with E-state index in [-0.39, 0.29) is 0 Å². The quantitative estimate of drug-likeness (QED) is 0.627. The summed E-state index contributed by atoms with van der Waals surface area (Å²) in [5.74, 6) is 0.735. The van der Waals surface area contributed by atoms with Crippen molar-refractivity contribution in [2.75, 3.05) is 0 Å². The molecule has 2 aromatic heterocycles. The summed E-state index contributed by atoms with van der Waals surface area (Å²) in [6, 6.07) is 0. The van der Waals surface area contributed by atoms with Crippen LogP contribution in [0.4, 0.5) is 0 Å². The smallest absolute Gasteiger partial charge is 0.150 e. The van der Waals surface area contributed by atoms with Gasteiger partial charge in [-0.25, -0.2) is 9.97 Å². The van der Waals surface area contributed by atoms with Gasteiger partial charge in [-0.2, -0.15) is 0 Å². The molecule has 0 aliphatic rings. The van der Waals surface area contributed by atoms with Crippen LogP contribution in [0.1, 0.15) is 16.3 Å². The third kappa shape index (κ3) is 1.32. The number of fused-ring (bicyclic) bond motifs is 1. The summed E-state index contributed by atoms with van der Waals surface area (Å²) >= 11 is 7.66. The van der Waals surface area contributed by atoms with Gasteiger partial charge in [0.05, 0.1) is 10.2 Å². The Morgan fingerprint density at radius 2 is 1.85 bits per heavy atom. The predicted octanol–water partition coefficient (Wildman–Crippen LogP) is 3.27. The zero-order chi connectivity index (χ0) is 9.59. The number of halogens is 1. The Morgan fingerprint density at radius 1 is 1.15 bits per heavy atom. The van der Waals surface area contributed by atoms with Crippen LogP contribution in [0.5, 0.6) is 0 Å². The molecule has 0 aromatic carbocycles. The van der Waals surface area contributed by atoms with Crippen molar-refractivity contribution in [3.05, 3.63) is 21.4 Å². The van der Waals surface area contributed by atoms with Crippen LogP contribution >= 0.6 is 22.9 Å². The zero-order valence-electron chi connectivity index (χ0n) is 7.68. The molecule has 0 saturated heterocycles. The summed E-state index contributed by atoms with van der Waals surface area (Å²) in [4.78, 5) is 9.75. The molecule has 2 aromatic rings. The van der Waals surface area contributed by atoms with Crippen LogP contribution in [-0.4, -0.2) is 9.97 Å². The number of nitrogens with zero attached hydrogens (tertiary/aromatic N) is 2. The fraction of sp³-hybridized carbons (Fsp3) is 0.333. The van der Waals surface area contributed by atoms with Crippen molar-refractivity contribution < 1.29 is 0 Å². The molecule has 13 heavy (non-hydrogen) atoms. The Morgan fingerprint density at radius 3 is 2.54 bits per heavy atom. The van der Waals surface area contributed by atoms with Gasteiger partial charge in [0.25, 0.3) is 0 Å². The molecule has 2 heterocycles. The van der Waals surface area contributed by atoms with Crippen LogP contribution in [-0.2, 0) is 0 Å². The van der Waals surface area contributed by atoms with Gasteiger partial charge in [-0.3, -0.25) is 0 Å². The first-order valence-corrected chi connectivity index (χ1v) is 5.19. The second-order valence-electron chi connectivity index (χ2n) is 3.02. The Hall–Kier alpha value is -0.670. The van der Waals surface area contributed by atoms with Gasteiger partial charge in [-0.15, -0.1) is 11.3 Å². The summed E-state index contributed by atoms with van der Waals surface area (Å²) in [7, 11) is 0. The zero-order valence-corrected chi connectivity index (χ0v) is 9.25. The lowest BCUT2D eigenvalue weighted by Crippen LogP contribution is -1.88. The summed E-state index contributed by atoms with van der Waals surface area (Å²) in [5, 5.41) is 0.573. The number of aromatic nitrogens is 2. The van der Waals surface area contributed by atoms with Crippen LogP contribution in [0.25, 0.3) is 10.2 Å². The predicted molar refractivity (Wildman–Crippen MR) is 56.6 cm³/mol.